The van der Waals surface area contributed by atoms with Crippen LogP contribution in [0.4, 0.5) is 10.5 Å². The lowest BCUT2D eigenvalue weighted by Gasteiger charge is -2.31. The van der Waals surface area contributed by atoms with Crippen molar-refractivity contribution in [1.29, 1.82) is 0 Å². The Morgan fingerprint density at radius 3 is 2.36 bits per heavy atom. The number of hydrogen-bond donors (Lipinski definition) is 2. The zero-order valence-corrected chi connectivity index (χ0v) is 17.3. The molecule has 2 fully saturated rings. The zero-order chi connectivity index (χ0) is 19.7. The predicted molar refractivity (Wildman–Crippen MR) is 110 cm³/mol. The molecule has 3 heterocycles. The van der Waals surface area contributed by atoms with Crippen LogP contribution in [0, 0.1) is 6.92 Å². The molecule has 2 saturated heterocycles. The number of amides is 3. The molecule has 0 unspecified atom stereocenters. The number of nitrogens with one attached hydrogen (secondary N) is 2. The van der Waals surface area contributed by atoms with E-state index in [1.54, 1.807) is 21.1 Å². The Bertz CT molecular complexity index is 829. The zero-order valence-electron chi connectivity index (χ0n) is 16.5. The lowest BCUT2D eigenvalue weighted by atomic mass is 10.2. The molecule has 0 aliphatic carbocycles. The van der Waals surface area contributed by atoms with Gasteiger partial charge in [0.15, 0.2) is 6.67 Å². The number of nitrogens with zero attached hydrogens (tertiary/aromatic N) is 2. The Balaban J connectivity index is 1.36. The van der Waals surface area contributed by atoms with Crippen LogP contribution >= 0.6 is 11.3 Å². The second-order valence-corrected chi connectivity index (χ2v) is 8.68. The van der Waals surface area contributed by atoms with Gasteiger partial charge in [0, 0.05) is 11.3 Å². The summed E-state index contributed by atoms with van der Waals surface area (Å²) in [6.07, 6.45) is 0. The predicted octanol–water partition coefficient (Wildman–Crippen LogP) is 0.155. The number of carbonyl (C=O) groups excluding carboxylic acids is 2. The molecule has 1 aromatic carbocycles. The molecule has 2 N–H and O–H groups in total. The molecule has 28 heavy (non-hydrogen) atoms. The lowest BCUT2D eigenvalue weighted by molar-refractivity contribution is -1.02. The standard InChI is InChI=1S/C21H26N4O2S/c1-16-3-5-19(6-4-16)25-17(2)20(26)24(21(25)27)15-23-10-8-22(9-11-23)13-18-7-12-28-14-18/h3-7,12,14,17H,8-11,13,15H2,1-2H3/p+2/t17-/m1/s1. The third-order valence-electron chi connectivity index (χ3n) is 5.84. The van der Waals surface area contributed by atoms with Gasteiger partial charge in [-0.1, -0.05) is 17.7 Å². The van der Waals surface area contributed by atoms with Gasteiger partial charge in [0.2, 0.25) is 0 Å². The number of anilines is 1. The fraction of sp³-hybridized carbons (Fsp3) is 0.429. The van der Waals surface area contributed by atoms with Gasteiger partial charge in [-0.15, -0.1) is 0 Å². The fourth-order valence-electron chi connectivity index (χ4n) is 4.11. The number of piperazine rings is 1. The van der Waals surface area contributed by atoms with Crippen molar-refractivity contribution in [1.82, 2.24) is 4.90 Å². The maximum Gasteiger partial charge on any atom is 0.336 e. The van der Waals surface area contributed by atoms with Gasteiger partial charge in [0.25, 0.3) is 5.91 Å². The minimum Gasteiger partial charge on any atom is -0.322 e. The maximum absolute atomic E-state index is 13.0. The maximum atomic E-state index is 13.0. The summed E-state index contributed by atoms with van der Waals surface area (Å²) in [5.74, 6) is -0.0916. The van der Waals surface area contributed by atoms with E-state index < -0.39 is 6.04 Å². The second-order valence-electron chi connectivity index (χ2n) is 7.90. The molecule has 0 radical (unpaired) electrons. The van der Waals surface area contributed by atoms with E-state index in [0.717, 1.165) is 44.0 Å². The van der Waals surface area contributed by atoms with E-state index in [1.807, 2.05) is 38.1 Å². The van der Waals surface area contributed by atoms with Gasteiger partial charge in [0.1, 0.15) is 38.8 Å². The minimum atomic E-state index is -0.444. The molecule has 4 rings (SSSR count). The van der Waals surface area contributed by atoms with Crippen molar-refractivity contribution in [3.05, 3.63) is 52.2 Å². The van der Waals surface area contributed by atoms with Gasteiger partial charge in [-0.25, -0.2) is 9.69 Å². The van der Waals surface area contributed by atoms with Crippen LogP contribution in [0.3, 0.4) is 0 Å². The summed E-state index contributed by atoms with van der Waals surface area (Å²) >= 11 is 1.74. The van der Waals surface area contributed by atoms with Crippen LogP contribution in [0.15, 0.2) is 41.1 Å². The van der Waals surface area contributed by atoms with Crippen LogP contribution in [-0.2, 0) is 11.3 Å². The topological polar surface area (TPSA) is 49.5 Å². The lowest BCUT2D eigenvalue weighted by Crippen LogP contribution is -3.28. The number of rotatable bonds is 5. The minimum absolute atomic E-state index is 0.0916. The van der Waals surface area contributed by atoms with Gasteiger partial charge in [-0.3, -0.25) is 9.69 Å². The summed E-state index contributed by atoms with van der Waals surface area (Å²) in [7, 11) is 0. The molecule has 0 bridgehead atoms. The number of thiophene rings is 1. The molecule has 1 atom stereocenters. The fourth-order valence-corrected chi connectivity index (χ4v) is 4.78. The average molecular weight is 401 g/mol. The van der Waals surface area contributed by atoms with Crippen LogP contribution in [0.1, 0.15) is 18.1 Å². The van der Waals surface area contributed by atoms with Gasteiger partial charge >= 0.3 is 6.03 Å². The molecule has 0 spiro atoms. The van der Waals surface area contributed by atoms with E-state index in [0.29, 0.717) is 6.67 Å². The molecule has 7 heteroatoms. The first kappa shape index (κ1) is 19.1. The Kier molecular flexibility index (Phi) is 5.48. The van der Waals surface area contributed by atoms with E-state index in [2.05, 4.69) is 16.8 Å². The van der Waals surface area contributed by atoms with E-state index in [4.69, 9.17) is 0 Å². The van der Waals surface area contributed by atoms with Crippen LogP contribution in [0.5, 0.6) is 0 Å². The highest BCUT2D eigenvalue weighted by Crippen LogP contribution is 2.25. The van der Waals surface area contributed by atoms with E-state index in [-0.39, 0.29) is 11.9 Å². The Morgan fingerprint density at radius 2 is 1.71 bits per heavy atom. The smallest absolute Gasteiger partial charge is 0.322 e. The summed E-state index contributed by atoms with van der Waals surface area (Å²) < 4.78 is 0. The monoisotopic (exact) mass is 400 g/mol. The van der Waals surface area contributed by atoms with Crippen LogP contribution < -0.4 is 14.7 Å². The molecule has 2 aliphatic heterocycles. The van der Waals surface area contributed by atoms with E-state index in [1.165, 1.54) is 15.4 Å². The Labute approximate surface area is 169 Å². The van der Waals surface area contributed by atoms with Gasteiger partial charge < -0.3 is 9.80 Å². The third kappa shape index (κ3) is 3.83. The van der Waals surface area contributed by atoms with Crippen LogP contribution in [0.25, 0.3) is 0 Å². The summed E-state index contributed by atoms with van der Waals surface area (Å²) in [4.78, 5) is 31.7. The van der Waals surface area contributed by atoms with Crippen LogP contribution in [-0.4, -0.2) is 55.7 Å². The molecule has 1 aromatic heterocycles. The average Bonchev–Trinajstić information content (AvgIpc) is 3.27. The molecule has 0 saturated carbocycles. The van der Waals surface area contributed by atoms with Crippen molar-refractivity contribution in [2.45, 2.75) is 26.4 Å². The molecule has 3 amide bonds. The highest BCUT2D eigenvalue weighted by atomic mass is 32.1. The number of imide groups is 1. The summed E-state index contributed by atoms with van der Waals surface area (Å²) in [6, 6.07) is 9.34. The third-order valence-corrected chi connectivity index (χ3v) is 6.57. The first-order chi connectivity index (χ1) is 13.5. The Morgan fingerprint density at radius 1 is 1.04 bits per heavy atom. The van der Waals surface area contributed by atoms with E-state index >= 15 is 0 Å². The quantitative estimate of drug-likeness (QED) is 0.703. The SMILES string of the molecule is Cc1ccc(N2C(=O)N(C[NH+]3CC[NH+](Cc4ccsc4)CC3)C(=O)[C@H]2C)cc1. The second kappa shape index (κ2) is 8.03. The largest absolute Gasteiger partial charge is 0.336 e. The summed E-state index contributed by atoms with van der Waals surface area (Å²) in [6.45, 7) is 9.47. The van der Waals surface area contributed by atoms with Crippen molar-refractivity contribution in [2.24, 2.45) is 0 Å². The first-order valence-electron chi connectivity index (χ1n) is 9.92. The highest BCUT2D eigenvalue weighted by Gasteiger charge is 2.45. The van der Waals surface area contributed by atoms with Crippen molar-refractivity contribution in [3.8, 4) is 0 Å². The number of carbonyl (C=O) groups is 2. The number of aryl methyl sites for hydroxylation is 1. The molecule has 2 aromatic rings. The molecular formula is C21H28N4O2S+2. The number of urea groups is 1. The van der Waals surface area contributed by atoms with Gasteiger partial charge in [0.05, 0.1) is 0 Å². The normalized spacial score (nSPS) is 25.6. The Hall–Kier alpha value is -2.22. The van der Waals surface area contributed by atoms with Gasteiger partial charge in [-0.2, -0.15) is 11.3 Å². The van der Waals surface area contributed by atoms with Crippen LogP contribution in [0.2, 0.25) is 0 Å². The molecular weight excluding hydrogens is 372 g/mol. The number of benzene rings is 1. The van der Waals surface area contributed by atoms with Crippen molar-refractivity contribution >= 4 is 29.0 Å². The highest BCUT2D eigenvalue weighted by molar-refractivity contribution is 7.07. The molecule has 6 nitrogen and oxygen atoms in total. The molecule has 2 aliphatic rings. The van der Waals surface area contributed by atoms with Crippen molar-refractivity contribution in [2.75, 3.05) is 37.7 Å². The summed E-state index contributed by atoms with van der Waals surface area (Å²) in [5.41, 5.74) is 3.33. The van der Waals surface area contributed by atoms with E-state index in [9.17, 15) is 9.59 Å². The van der Waals surface area contributed by atoms with Crippen molar-refractivity contribution in [3.63, 3.8) is 0 Å². The first-order valence-corrected chi connectivity index (χ1v) is 10.9. The number of quaternary nitrogens is 2. The molecule has 148 valence electrons. The summed E-state index contributed by atoms with van der Waals surface area (Å²) in [5, 5.41) is 4.34. The van der Waals surface area contributed by atoms with Crippen molar-refractivity contribution < 1.29 is 19.4 Å². The van der Waals surface area contributed by atoms with Gasteiger partial charge in [-0.05, 0) is 42.8 Å². The number of hydrogen-bond acceptors (Lipinski definition) is 3.